The number of ether oxygens (including phenoxy) is 2. The van der Waals surface area contributed by atoms with Crippen LogP contribution in [0.5, 0.6) is 0 Å². The van der Waals surface area contributed by atoms with Gasteiger partial charge in [0.15, 0.2) is 0 Å². The van der Waals surface area contributed by atoms with Gasteiger partial charge in [0, 0.05) is 0 Å². The molecule has 1 aliphatic rings. The zero-order valence-electron chi connectivity index (χ0n) is 6.05. The zero-order chi connectivity index (χ0) is 6.24. The third kappa shape index (κ3) is 8.48. The summed E-state index contributed by atoms with van der Waals surface area (Å²) in [6, 6.07) is 0. The smallest absolute Gasteiger partial charge is 0.857 e. The Bertz CT molecular complexity index is 27.7. The molecule has 3 nitrogen and oxygen atoms in total. The van der Waals surface area contributed by atoms with Gasteiger partial charge in [0.1, 0.15) is 0 Å². The molecule has 0 spiro atoms. The molecule has 1 fully saturated rings. The van der Waals surface area contributed by atoms with Crippen LogP contribution in [0, 0.1) is 0 Å². The molecule has 1 heterocycles. The summed E-state index contributed by atoms with van der Waals surface area (Å²) in [5, 5.41) is 8.25. The molecule has 0 aromatic heterocycles. The fourth-order valence-electron chi connectivity index (χ4n) is 0.440. The Morgan fingerprint density at radius 2 is 1.11 bits per heavy atom. The minimum absolute atomic E-state index is 0. The normalized spacial score (nSPS) is 16.7. The van der Waals surface area contributed by atoms with Gasteiger partial charge < -0.3 is 14.6 Å². The van der Waals surface area contributed by atoms with Gasteiger partial charge in [0.25, 0.3) is 0 Å². The molecule has 0 aromatic carbocycles. The Labute approximate surface area is 67.5 Å². The van der Waals surface area contributed by atoms with Gasteiger partial charge in [-0.25, -0.2) is 0 Å². The first-order valence-electron chi connectivity index (χ1n) is 2.56. The third-order valence-corrected chi connectivity index (χ3v) is 0.744. The van der Waals surface area contributed by atoms with Crippen molar-refractivity contribution in [1.82, 2.24) is 0 Å². The molecule has 50 valence electrons. The van der Waals surface area contributed by atoms with E-state index in [0.717, 1.165) is 33.5 Å². The van der Waals surface area contributed by atoms with Gasteiger partial charge >= 0.3 is 18.9 Å². The Hall–Kier alpha value is 0.477. The summed E-state index contributed by atoms with van der Waals surface area (Å²) in [5.74, 6) is 0. The van der Waals surface area contributed by atoms with Crippen LogP contribution in [0.3, 0.4) is 0 Å². The van der Waals surface area contributed by atoms with Crippen molar-refractivity contribution < 1.29 is 33.4 Å². The summed E-state index contributed by atoms with van der Waals surface area (Å²) in [7, 11) is 0.750. The van der Waals surface area contributed by atoms with Crippen molar-refractivity contribution in [1.29, 1.82) is 0 Å². The second kappa shape index (κ2) is 11.3. The SMILES string of the molecule is C1COCCO1.C[O-].[Li+]. The van der Waals surface area contributed by atoms with E-state index in [1.807, 2.05) is 0 Å². The van der Waals surface area contributed by atoms with E-state index >= 15 is 0 Å². The van der Waals surface area contributed by atoms with Crippen molar-refractivity contribution in [2.75, 3.05) is 33.5 Å². The van der Waals surface area contributed by atoms with E-state index in [1.54, 1.807) is 0 Å². The average molecular weight is 126 g/mol. The molecule has 0 radical (unpaired) electrons. The predicted octanol–water partition coefficient (Wildman–Crippen LogP) is -3.99. The van der Waals surface area contributed by atoms with Crippen molar-refractivity contribution in [3.63, 3.8) is 0 Å². The van der Waals surface area contributed by atoms with Crippen LogP contribution < -0.4 is 24.0 Å². The maximum absolute atomic E-state index is 8.25. The van der Waals surface area contributed by atoms with E-state index in [1.165, 1.54) is 0 Å². The second-order valence-electron chi connectivity index (χ2n) is 1.22. The standard InChI is InChI=1S/C4H8O2.CH3O.Li/c1-2-6-4-3-5-1;1-2;/h1-4H2;1H3;/q;-1;+1. The maximum atomic E-state index is 8.25. The van der Waals surface area contributed by atoms with Crippen molar-refractivity contribution in [3.8, 4) is 0 Å². The Morgan fingerprint density at radius 1 is 0.889 bits per heavy atom. The molecule has 0 aromatic rings. The number of hydrogen-bond donors (Lipinski definition) is 0. The van der Waals surface area contributed by atoms with Crippen LogP contribution in [0.25, 0.3) is 0 Å². The molecular weight excluding hydrogens is 115 g/mol. The molecule has 0 amide bonds. The quantitative estimate of drug-likeness (QED) is 0.311. The van der Waals surface area contributed by atoms with Crippen molar-refractivity contribution in [3.05, 3.63) is 0 Å². The Morgan fingerprint density at radius 3 is 1.22 bits per heavy atom. The van der Waals surface area contributed by atoms with E-state index < -0.39 is 0 Å². The first-order chi connectivity index (χ1) is 4.00. The average Bonchev–Trinajstić information content (AvgIpc) is 1.96. The van der Waals surface area contributed by atoms with Gasteiger partial charge in [-0.1, -0.05) is 0 Å². The Balaban J connectivity index is 0. The molecule has 1 rings (SSSR count). The largest absolute Gasteiger partial charge is 1.00 e. The second-order valence-corrected chi connectivity index (χ2v) is 1.22. The van der Waals surface area contributed by atoms with E-state index in [-0.39, 0.29) is 18.9 Å². The molecule has 0 atom stereocenters. The van der Waals surface area contributed by atoms with Gasteiger partial charge in [-0.2, -0.15) is 7.11 Å². The minimum atomic E-state index is 0. The van der Waals surface area contributed by atoms with Gasteiger partial charge in [-0.05, 0) is 0 Å². The molecule has 0 unspecified atom stereocenters. The monoisotopic (exact) mass is 126 g/mol. The van der Waals surface area contributed by atoms with Gasteiger partial charge in [-0.15, -0.1) is 0 Å². The third-order valence-electron chi connectivity index (χ3n) is 0.744. The first kappa shape index (κ1) is 12.2. The topological polar surface area (TPSA) is 41.5 Å². The van der Waals surface area contributed by atoms with Gasteiger partial charge in [0.2, 0.25) is 0 Å². The Kier molecular flexibility index (Phi) is 15.3. The molecule has 0 saturated carbocycles. The summed E-state index contributed by atoms with van der Waals surface area (Å²) >= 11 is 0. The minimum Gasteiger partial charge on any atom is -0.857 e. The van der Waals surface area contributed by atoms with Crippen molar-refractivity contribution >= 4 is 0 Å². The predicted molar refractivity (Wildman–Crippen MR) is 27.6 cm³/mol. The molecule has 0 aliphatic carbocycles. The molecule has 4 heteroatoms. The van der Waals surface area contributed by atoms with Gasteiger partial charge in [-0.3, -0.25) is 0 Å². The van der Waals surface area contributed by atoms with Crippen molar-refractivity contribution in [2.45, 2.75) is 0 Å². The molecular formula is C5H11LiO3. The van der Waals surface area contributed by atoms with E-state index in [2.05, 4.69) is 0 Å². The number of hydrogen-bond acceptors (Lipinski definition) is 3. The van der Waals surface area contributed by atoms with Crippen LogP contribution in [0.4, 0.5) is 0 Å². The number of rotatable bonds is 0. The van der Waals surface area contributed by atoms with E-state index in [9.17, 15) is 0 Å². The fourth-order valence-corrected chi connectivity index (χ4v) is 0.440. The van der Waals surface area contributed by atoms with Crippen LogP contribution >= 0.6 is 0 Å². The first-order valence-corrected chi connectivity index (χ1v) is 2.56. The van der Waals surface area contributed by atoms with Gasteiger partial charge in [0.05, 0.1) is 26.4 Å². The van der Waals surface area contributed by atoms with Crippen LogP contribution in [-0.2, 0) is 9.47 Å². The van der Waals surface area contributed by atoms with Crippen LogP contribution in [0.1, 0.15) is 0 Å². The zero-order valence-corrected chi connectivity index (χ0v) is 6.05. The maximum Gasteiger partial charge on any atom is 1.00 e. The molecule has 0 N–H and O–H groups in total. The molecule has 1 saturated heterocycles. The summed E-state index contributed by atoms with van der Waals surface area (Å²) in [6.07, 6.45) is 0. The summed E-state index contributed by atoms with van der Waals surface area (Å²) in [4.78, 5) is 0. The van der Waals surface area contributed by atoms with Crippen LogP contribution in [-0.4, -0.2) is 33.5 Å². The van der Waals surface area contributed by atoms with E-state index in [0.29, 0.717) is 0 Å². The van der Waals surface area contributed by atoms with E-state index in [4.69, 9.17) is 14.6 Å². The van der Waals surface area contributed by atoms with Crippen molar-refractivity contribution in [2.24, 2.45) is 0 Å². The summed E-state index contributed by atoms with van der Waals surface area (Å²) in [5.41, 5.74) is 0. The molecule has 9 heavy (non-hydrogen) atoms. The summed E-state index contributed by atoms with van der Waals surface area (Å²) < 4.78 is 9.89. The fraction of sp³-hybridized carbons (Fsp3) is 1.00. The summed E-state index contributed by atoms with van der Waals surface area (Å²) in [6.45, 7) is 3.11. The molecule has 0 bridgehead atoms. The van der Waals surface area contributed by atoms with Crippen LogP contribution in [0.2, 0.25) is 0 Å². The van der Waals surface area contributed by atoms with Crippen LogP contribution in [0.15, 0.2) is 0 Å². The molecule has 1 aliphatic heterocycles.